The van der Waals surface area contributed by atoms with Gasteiger partial charge in [-0.05, 0) is 50.3 Å². The topological polar surface area (TPSA) is 49.9 Å². The average molecular weight is 419 g/mol. The molecule has 5 heteroatoms. The van der Waals surface area contributed by atoms with Crippen LogP contribution in [0.3, 0.4) is 0 Å². The first kappa shape index (κ1) is 21.3. The van der Waals surface area contributed by atoms with E-state index in [0.29, 0.717) is 37.4 Å². The van der Waals surface area contributed by atoms with Crippen molar-refractivity contribution in [3.05, 3.63) is 76.5 Å². The highest BCUT2D eigenvalue weighted by molar-refractivity contribution is 6.35. The zero-order valence-electron chi connectivity index (χ0n) is 18.6. The third-order valence-corrected chi connectivity index (χ3v) is 5.91. The molecule has 31 heavy (non-hydrogen) atoms. The normalized spacial score (nSPS) is 16.5. The van der Waals surface area contributed by atoms with Gasteiger partial charge in [-0.25, -0.2) is 0 Å². The van der Waals surface area contributed by atoms with Gasteiger partial charge in [0.2, 0.25) is 0 Å². The predicted octanol–water partition coefficient (Wildman–Crippen LogP) is 3.95. The van der Waals surface area contributed by atoms with Gasteiger partial charge < -0.3 is 9.64 Å². The molecule has 0 saturated heterocycles. The van der Waals surface area contributed by atoms with Crippen LogP contribution in [0.5, 0.6) is 0 Å². The summed E-state index contributed by atoms with van der Waals surface area (Å²) >= 11 is 0. The van der Waals surface area contributed by atoms with E-state index in [2.05, 4.69) is 23.1 Å². The summed E-state index contributed by atoms with van der Waals surface area (Å²) in [6.07, 6.45) is 1.63. The third-order valence-electron chi connectivity index (χ3n) is 5.91. The molecule has 0 fully saturated rings. The molecule has 0 bridgehead atoms. The summed E-state index contributed by atoms with van der Waals surface area (Å²) in [5.41, 5.74) is 5.52. The Bertz CT molecular complexity index is 1010. The van der Waals surface area contributed by atoms with E-state index in [1.54, 1.807) is 0 Å². The molecular weight excluding hydrogens is 388 g/mol. The summed E-state index contributed by atoms with van der Waals surface area (Å²) in [7, 11) is 0. The molecule has 0 aliphatic carbocycles. The number of carbonyl (C=O) groups is 2. The van der Waals surface area contributed by atoms with Crippen molar-refractivity contribution in [2.75, 3.05) is 19.7 Å². The van der Waals surface area contributed by atoms with Crippen LogP contribution in [0.15, 0.2) is 54.2 Å². The van der Waals surface area contributed by atoms with Crippen molar-refractivity contribution in [1.82, 2.24) is 9.80 Å². The van der Waals surface area contributed by atoms with Crippen LogP contribution in [-0.4, -0.2) is 47.4 Å². The summed E-state index contributed by atoms with van der Waals surface area (Å²) in [5.74, 6) is -0.392. The second kappa shape index (κ2) is 9.06. The maximum Gasteiger partial charge on any atom is 0.277 e. The van der Waals surface area contributed by atoms with Crippen molar-refractivity contribution in [3.63, 3.8) is 0 Å². The van der Waals surface area contributed by atoms with Crippen LogP contribution in [0, 0.1) is 6.92 Å². The number of hydrogen-bond donors (Lipinski definition) is 0. The van der Waals surface area contributed by atoms with E-state index in [9.17, 15) is 9.59 Å². The van der Waals surface area contributed by atoms with Gasteiger partial charge in [-0.2, -0.15) is 0 Å². The van der Waals surface area contributed by atoms with Crippen LogP contribution in [0.25, 0.3) is 5.57 Å². The van der Waals surface area contributed by atoms with E-state index >= 15 is 0 Å². The number of ether oxygens (including phenoxy) is 1. The van der Waals surface area contributed by atoms with Gasteiger partial charge in [0.05, 0.1) is 11.7 Å². The molecular formula is C26H30N2O3. The molecule has 5 nitrogen and oxygen atoms in total. The molecule has 0 atom stereocenters. The number of amides is 2. The molecule has 4 rings (SSSR count). The van der Waals surface area contributed by atoms with E-state index in [1.165, 1.54) is 16.0 Å². The highest BCUT2D eigenvalue weighted by Crippen LogP contribution is 2.34. The van der Waals surface area contributed by atoms with Crippen LogP contribution < -0.4 is 0 Å². The van der Waals surface area contributed by atoms with E-state index in [0.717, 1.165) is 24.1 Å². The third kappa shape index (κ3) is 4.42. The molecule has 2 aromatic rings. The lowest BCUT2D eigenvalue weighted by Crippen LogP contribution is -2.38. The Morgan fingerprint density at radius 1 is 0.968 bits per heavy atom. The zero-order chi connectivity index (χ0) is 22.0. The number of nitrogens with zero attached hydrogens (tertiary/aromatic N) is 2. The number of rotatable bonds is 7. The average Bonchev–Trinajstić information content (AvgIpc) is 3.01. The maximum atomic E-state index is 13.5. The lowest BCUT2D eigenvalue weighted by molar-refractivity contribution is -0.137. The minimum absolute atomic E-state index is 0.134. The summed E-state index contributed by atoms with van der Waals surface area (Å²) in [5, 5.41) is 0. The lowest BCUT2D eigenvalue weighted by Gasteiger charge is -2.31. The van der Waals surface area contributed by atoms with Crippen LogP contribution in [0.4, 0.5) is 0 Å². The molecule has 0 saturated carbocycles. The fourth-order valence-electron chi connectivity index (χ4n) is 4.27. The van der Waals surface area contributed by atoms with Crippen molar-refractivity contribution >= 4 is 17.4 Å². The molecule has 0 aromatic heterocycles. The Morgan fingerprint density at radius 2 is 1.68 bits per heavy atom. The van der Waals surface area contributed by atoms with Crippen LogP contribution >= 0.6 is 0 Å². The highest BCUT2D eigenvalue weighted by Gasteiger charge is 2.41. The Balaban J connectivity index is 1.65. The van der Waals surface area contributed by atoms with Gasteiger partial charge in [-0.3, -0.25) is 14.5 Å². The largest absolute Gasteiger partial charge is 0.379 e. The first-order valence-corrected chi connectivity index (χ1v) is 11.1. The van der Waals surface area contributed by atoms with Crippen molar-refractivity contribution in [1.29, 1.82) is 0 Å². The smallest absolute Gasteiger partial charge is 0.277 e. The second-order valence-corrected chi connectivity index (χ2v) is 8.56. The Labute approximate surface area is 184 Å². The molecule has 2 aliphatic rings. The summed E-state index contributed by atoms with van der Waals surface area (Å²) in [6.45, 7) is 8.25. The van der Waals surface area contributed by atoms with Gasteiger partial charge >= 0.3 is 0 Å². The van der Waals surface area contributed by atoms with Crippen LogP contribution in [0.1, 0.15) is 42.5 Å². The fourth-order valence-corrected chi connectivity index (χ4v) is 4.27. The summed E-state index contributed by atoms with van der Waals surface area (Å²) < 4.78 is 5.61. The second-order valence-electron chi connectivity index (χ2n) is 8.56. The highest BCUT2D eigenvalue weighted by atomic mass is 16.5. The van der Waals surface area contributed by atoms with Gasteiger partial charge in [0.15, 0.2) is 0 Å². The van der Waals surface area contributed by atoms with Gasteiger partial charge in [0.1, 0.15) is 5.70 Å². The number of carbonyl (C=O) groups excluding carboxylic acids is 2. The number of benzene rings is 2. The van der Waals surface area contributed by atoms with E-state index in [4.69, 9.17) is 4.74 Å². The zero-order valence-corrected chi connectivity index (χ0v) is 18.6. The first-order valence-electron chi connectivity index (χ1n) is 11.1. The van der Waals surface area contributed by atoms with Gasteiger partial charge in [-0.1, -0.05) is 54.1 Å². The minimum Gasteiger partial charge on any atom is -0.379 e. The molecule has 2 aromatic carbocycles. The van der Waals surface area contributed by atoms with Crippen LogP contribution in [0.2, 0.25) is 0 Å². The molecule has 2 aliphatic heterocycles. The van der Waals surface area contributed by atoms with E-state index in [-0.39, 0.29) is 17.9 Å². The quantitative estimate of drug-likeness (QED) is 0.505. The number of fused-ring (bicyclic) bond motifs is 1. The fraction of sp³-hybridized carbons (Fsp3) is 0.385. The molecule has 0 N–H and O–H groups in total. The number of imide groups is 1. The van der Waals surface area contributed by atoms with Gasteiger partial charge in [0.25, 0.3) is 11.8 Å². The monoisotopic (exact) mass is 418 g/mol. The molecule has 162 valence electrons. The molecule has 2 heterocycles. The molecule has 0 unspecified atom stereocenters. The van der Waals surface area contributed by atoms with Gasteiger partial charge in [-0.15, -0.1) is 0 Å². The SMILES string of the molecule is Cc1ccc(C2=C(N3CCc4ccccc4C3)C(=O)N(CCCOC(C)C)C2=O)cc1. The van der Waals surface area contributed by atoms with Crippen molar-refractivity contribution in [3.8, 4) is 0 Å². The Hall–Kier alpha value is -2.92. The van der Waals surface area contributed by atoms with Crippen LogP contribution in [-0.2, 0) is 27.3 Å². The molecule has 2 amide bonds. The number of aryl methyl sites for hydroxylation is 1. The van der Waals surface area contributed by atoms with E-state index < -0.39 is 0 Å². The van der Waals surface area contributed by atoms with Crippen molar-refractivity contribution < 1.29 is 14.3 Å². The predicted molar refractivity (Wildman–Crippen MR) is 121 cm³/mol. The Kier molecular flexibility index (Phi) is 6.23. The molecule has 0 radical (unpaired) electrons. The van der Waals surface area contributed by atoms with Crippen molar-refractivity contribution in [2.45, 2.75) is 46.3 Å². The van der Waals surface area contributed by atoms with E-state index in [1.807, 2.05) is 51.1 Å². The Morgan fingerprint density at radius 3 is 2.39 bits per heavy atom. The van der Waals surface area contributed by atoms with Crippen molar-refractivity contribution in [2.24, 2.45) is 0 Å². The molecule has 0 spiro atoms. The maximum absolute atomic E-state index is 13.5. The summed E-state index contributed by atoms with van der Waals surface area (Å²) in [4.78, 5) is 30.4. The minimum atomic E-state index is -0.202. The summed E-state index contributed by atoms with van der Waals surface area (Å²) in [6, 6.07) is 16.2. The lowest BCUT2D eigenvalue weighted by atomic mass is 9.97. The number of hydrogen-bond acceptors (Lipinski definition) is 4. The van der Waals surface area contributed by atoms with Gasteiger partial charge in [0, 0.05) is 26.2 Å². The standard InChI is InChI=1S/C26H30N2O3/c1-18(2)31-16-6-14-28-25(29)23(21-11-9-19(3)10-12-21)24(26(28)30)27-15-13-20-7-4-5-8-22(20)17-27/h4-5,7-12,18H,6,13-17H2,1-3H3. The first-order chi connectivity index (χ1) is 15.0.